The van der Waals surface area contributed by atoms with E-state index < -0.39 is 5.60 Å². The van der Waals surface area contributed by atoms with Crippen LogP contribution in [-0.4, -0.2) is 136 Å². The lowest BCUT2D eigenvalue weighted by Crippen LogP contribution is -2.68. The number of aromatic hydroxyl groups is 1. The Hall–Kier alpha value is -3.15. The lowest BCUT2D eigenvalue weighted by molar-refractivity contribution is -0.113. The average molecular weight is 645 g/mol. The van der Waals surface area contributed by atoms with E-state index in [9.17, 15) is 9.90 Å². The van der Waals surface area contributed by atoms with Crippen LogP contribution in [0.2, 0.25) is 0 Å². The number of hydrogen-bond donors (Lipinski definition) is 2. The van der Waals surface area contributed by atoms with Crippen LogP contribution in [0.1, 0.15) is 59.3 Å². The molecule has 0 bridgehead atoms. The van der Waals surface area contributed by atoms with E-state index in [0.717, 1.165) is 62.4 Å². The minimum Gasteiger partial charge on any atom is -0.507 e. The van der Waals surface area contributed by atoms with Gasteiger partial charge in [-0.25, -0.2) is 4.79 Å². The largest absolute Gasteiger partial charge is 0.507 e. The summed E-state index contributed by atoms with van der Waals surface area (Å²) in [5.41, 5.74) is 2.47. The molecule has 1 saturated carbocycles. The SMILES string of the molecule is CC(C)(C)OC(=O)N1CC2(CC(N3CCC(N4CCC(N5CCN6c7cc(-c8ccccc8O)nnc7NC[C@H]6C5)CC4)CC3)C2)C1. The molecule has 1 aromatic heterocycles. The Labute approximate surface area is 279 Å². The third kappa shape index (κ3) is 6.15. The Bertz CT molecular complexity index is 1450. The molecule has 47 heavy (non-hydrogen) atoms. The first kappa shape index (κ1) is 31.1. The summed E-state index contributed by atoms with van der Waals surface area (Å²) in [4.78, 5) is 25.1. The van der Waals surface area contributed by atoms with Crippen LogP contribution in [0.15, 0.2) is 30.3 Å². The maximum atomic E-state index is 12.4. The number of aromatic nitrogens is 2. The number of carbonyl (C=O) groups excluding carboxylic acids is 1. The number of piperidine rings is 2. The van der Waals surface area contributed by atoms with Crippen LogP contribution in [0.4, 0.5) is 16.3 Å². The Morgan fingerprint density at radius 1 is 0.872 bits per heavy atom. The van der Waals surface area contributed by atoms with E-state index in [1.807, 2.05) is 43.9 Å². The van der Waals surface area contributed by atoms with Crippen molar-refractivity contribution in [2.75, 3.05) is 75.7 Å². The molecule has 5 aliphatic heterocycles. The number of ether oxygens (including phenoxy) is 1. The van der Waals surface area contributed by atoms with Crippen LogP contribution in [0.25, 0.3) is 11.3 Å². The van der Waals surface area contributed by atoms with Gasteiger partial charge in [-0.3, -0.25) is 4.90 Å². The van der Waals surface area contributed by atoms with Crippen molar-refractivity contribution >= 4 is 17.6 Å². The zero-order valence-corrected chi connectivity index (χ0v) is 28.4. The average Bonchev–Trinajstić information content (AvgIpc) is 3.03. The summed E-state index contributed by atoms with van der Waals surface area (Å²) < 4.78 is 5.56. The fourth-order valence-corrected chi connectivity index (χ4v) is 9.37. The number of phenols is 1. The molecule has 8 rings (SSSR count). The number of rotatable bonds is 4. The van der Waals surface area contributed by atoms with Gasteiger partial charge in [0.1, 0.15) is 11.4 Å². The third-order valence-corrected chi connectivity index (χ3v) is 11.9. The van der Waals surface area contributed by atoms with Gasteiger partial charge in [0.05, 0.1) is 17.4 Å². The number of likely N-dealkylation sites (tertiary alicyclic amines) is 3. The molecule has 6 aliphatic rings. The van der Waals surface area contributed by atoms with Crippen LogP contribution in [0.5, 0.6) is 5.75 Å². The maximum Gasteiger partial charge on any atom is 0.410 e. The van der Waals surface area contributed by atoms with Crippen LogP contribution < -0.4 is 10.2 Å². The van der Waals surface area contributed by atoms with Gasteiger partial charge in [-0.15, -0.1) is 10.2 Å². The molecular weight excluding hydrogens is 592 g/mol. The van der Waals surface area contributed by atoms with Gasteiger partial charge in [0.2, 0.25) is 0 Å². The number of nitrogens with one attached hydrogen (secondary N) is 1. The molecule has 11 nitrogen and oxygen atoms in total. The Kier molecular flexibility index (Phi) is 8.00. The van der Waals surface area contributed by atoms with Crippen molar-refractivity contribution < 1.29 is 14.6 Å². The monoisotopic (exact) mass is 644 g/mol. The van der Waals surface area contributed by atoms with Crippen LogP contribution in [-0.2, 0) is 4.74 Å². The number of nitrogens with zero attached hydrogens (tertiary/aromatic N) is 7. The Morgan fingerprint density at radius 2 is 1.53 bits per heavy atom. The molecule has 254 valence electrons. The summed E-state index contributed by atoms with van der Waals surface area (Å²) in [6.45, 7) is 16.5. The van der Waals surface area contributed by atoms with E-state index in [2.05, 4.69) is 41.2 Å². The highest BCUT2D eigenvalue weighted by Crippen LogP contribution is 2.51. The fourth-order valence-electron chi connectivity index (χ4n) is 9.37. The molecule has 2 aromatic rings. The summed E-state index contributed by atoms with van der Waals surface area (Å²) in [6.07, 6.45) is 7.43. The molecule has 1 spiro atoms. The molecule has 6 heterocycles. The molecule has 1 aromatic carbocycles. The quantitative estimate of drug-likeness (QED) is 0.506. The van der Waals surface area contributed by atoms with E-state index in [-0.39, 0.29) is 11.8 Å². The van der Waals surface area contributed by atoms with Crippen molar-refractivity contribution in [2.45, 2.75) is 89.1 Å². The second-order valence-corrected chi connectivity index (χ2v) is 16.1. The highest BCUT2D eigenvalue weighted by Gasteiger charge is 2.56. The molecule has 1 amide bonds. The van der Waals surface area contributed by atoms with Crippen molar-refractivity contribution in [2.24, 2.45) is 5.41 Å². The molecule has 0 radical (unpaired) electrons. The lowest BCUT2D eigenvalue weighted by Gasteiger charge is -2.61. The zero-order valence-electron chi connectivity index (χ0n) is 28.4. The van der Waals surface area contributed by atoms with E-state index >= 15 is 0 Å². The van der Waals surface area contributed by atoms with Gasteiger partial charge < -0.3 is 34.8 Å². The standard InChI is InChI=1S/C36H52N8O3/c1-35(2,3)47-34(46)43-23-36(24-43)19-27(20-36)41-14-8-25(9-15-41)40-12-10-26(11-13-40)42-16-17-44-28(22-42)21-37-33-31(44)18-30(38-39-33)29-6-4-5-7-32(29)45/h4-7,18,25-28,45H,8-17,19-24H2,1-3H3,(H,37,39)/t28-/m0/s1. The second kappa shape index (κ2) is 12.1. The van der Waals surface area contributed by atoms with Gasteiger partial charge in [-0.1, -0.05) is 12.1 Å². The van der Waals surface area contributed by atoms with Crippen LogP contribution in [0, 0.1) is 5.41 Å². The highest BCUT2D eigenvalue weighted by molar-refractivity contribution is 5.76. The van der Waals surface area contributed by atoms with Gasteiger partial charge in [-0.2, -0.15) is 0 Å². The number of piperazine rings is 1. The number of anilines is 2. The number of carbonyl (C=O) groups is 1. The second-order valence-electron chi connectivity index (χ2n) is 16.1. The first-order valence-electron chi connectivity index (χ1n) is 18.0. The summed E-state index contributed by atoms with van der Waals surface area (Å²) in [7, 11) is 0. The summed E-state index contributed by atoms with van der Waals surface area (Å²) in [6, 6.07) is 11.9. The van der Waals surface area contributed by atoms with Crippen molar-refractivity contribution in [1.82, 2.24) is 29.8 Å². The van der Waals surface area contributed by atoms with Crippen molar-refractivity contribution in [3.63, 3.8) is 0 Å². The van der Waals surface area contributed by atoms with Crippen molar-refractivity contribution in [3.8, 4) is 17.0 Å². The number of benzene rings is 1. The van der Waals surface area contributed by atoms with E-state index in [1.54, 1.807) is 6.07 Å². The molecule has 1 atom stereocenters. The summed E-state index contributed by atoms with van der Waals surface area (Å²) >= 11 is 0. The van der Waals surface area contributed by atoms with Crippen LogP contribution >= 0.6 is 0 Å². The summed E-state index contributed by atoms with van der Waals surface area (Å²) in [5.74, 6) is 1.08. The first-order valence-corrected chi connectivity index (χ1v) is 18.0. The first-order chi connectivity index (χ1) is 22.6. The predicted octanol–water partition coefficient (Wildman–Crippen LogP) is 4.09. The fraction of sp³-hybridized carbons (Fsp3) is 0.694. The number of hydrogen-bond acceptors (Lipinski definition) is 10. The van der Waals surface area contributed by atoms with Gasteiger partial charge in [-0.05, 0) is 104 Å². The van der Waals surface area contributed by atoms with Crippen molar-refractivity contribution in [3.05, 3.63) is 30.3 Å². The topological polar surface area (TPSA) is 101 Å². The van der Waals surface area contributed by atoms with E-state index in [1.165, 1.54) is 64.7 Å². The summed E-state index contributed by atoms with van der Waals surface area (Å²) in [5, 5.41) is 22.8. The molecule has 1 aliphatic carbocycles. The predicted molar refractivity (Wildman–Crippen MR) is 183 cm³/mol. The minimum atomic E-state index is -0.421. The van der Waals surface area contributed by atoms with Crippen LogP contribution in [0.3, 0.4) is 0 Å². The zero-order chi connectivity index (χ0) is 32.3. The lowest BCUT2D eigenvalue weighted by atomic mass is 9.60. The molecule has 0 unspecified atom stereocenters. The Morgan fingerprint density at radius 3 is 2.21 bits per heavy atom. The van der Waals surface area contributed by atoms with E-state index in [4.69, 9.17) is 4.74 Å². The number of amides is 1. The number of phenolic OH excluding ortho intramolecular Hbond substituents is 1. The highest BCUT2D eigenvalue weighted by atomic mass is 16.6. The van der Waals surface area contributed by atoms with Gasteiger partial charge in [0, 0.05) is 68.4 Å². The number of fused-ring (bicyclic) bond motifs is 3. The Balaban J connectivity index is 0.778. The normalized spacial score (nSPS) is 26.2. The smallest absolute Gasteiger partial charge is 0.410 e. The van der Waals surface area contributed by atoms with Gasteiger partial charge in [0.25, 0.3) is 0 Å². The van der Waals surface area contributed by atoms with Crippen molar-refractivity contribution in [1.29, 1.82) is 0 Å². The molecule has 2 N–H and O–H groups in total. The maximum absolute atomic E-state index is 12.4. The van der Waals surface area contributed by atoms with Gasteiger partial charge in [0.15, 0.2) is 5.82 Å². The number of para-hydroxylation sites is 1. The third-order valence-electron chi connectivity index (χ3n) is 11.9. The molecule has 5 fully saturated rings. The minimum absolute atomic E-state index is 0.148. The van der Waals surface area contributed by atoms with E-state index in [0.29, 0.717) is 29.2 Å². The molecule has 11 heteroatoms. The van der Waals surface area contributed by atoms with Gasteiger partial charge >= 0.3 is 6.09 Å². The molecular formula is C36H52N8O3. The molecule has 4 saturated heterocycles.